The minimum Gasteiger partial charge on any atom is -0.469 e. The van der Waals surface area contributed by atoms with Gasteiger partial charge in [-0.05, 0) is 40.2 Å². The maximum Gasteiger partial charge on any atom is 0.259 e. The number of furan rings is 1. The number of aryl methyl sites for hydroxylation is 1. The van der Waals surface area contributed by atoms with Crippen LogP contribution in [-0.4, -0.2) is 5.91 Å². The number of carbonyl (C=O) groups is 1. The van der Waals surface area contributed by atoms with E-state index >= 15 is 0 Å². The van der Waals surface area contributed by atoms with Crippen LogP contribution in [0.1, 0.15) is 23.0 Å². The molecule has 0 saturated heterocycles. The molecule has 2 aromatic rings. The molecule has 1 aromatic carbocycles. The zero-order chi connectivity index (χ0) is 13.1. The maximum absolute atomic E-state index is 12.1. The van der Waals surface area contributed by atoms with Gasteiger partial charge in [-0.15, -0.1) is 0 Å². The molecule has 0 unspecified atom stereocenters. The Morgan fingerprint density at radius 3 is 2.94 bits per heavy atom. The lowest BCUT2D eigenvalue weighted by molar-refractivity contribution is 0.102. The molecule has 0 aliphatic heterocycles. The van der Waals surface area contributed by atoms with Crippen molar-refractivity contribution in [2.24, 2.45) is 0 Å². The van der Waals surface area contributed by atoms with Crippen LogP contribution in [0.5, 0.6) is 0 Å². The lowest BCUT2D eigenvalue weighted by Gasteiger charge is -2.07. The number of amides is 1. The minimum atomic E-state index is -0.205. The molecule has 0 aliphatic rings. The van der Waals surface area contributed by atoms with Crippen molar-refractivity contribution >= 4 is 39.1 Å². The molecule has 0 radical (unpaired) electrons. The molecule has 1 heterocycles. The molecule has 0 spiro atoms. The van der Waals surface area contributed by atoms with Crippen molar-refractivity contribution in [1.82, 2.24) is 0 Å². The van der Waals surface area contributed by atoms with Gasteiger partial charge >= 0.3 is 0 Å². The highest BCUT2D eigenvalue weighted by atomic mass is 79.9. The van der Waals surface area contributed by atoms with Crippen molar-refractivity contribution in [1.29, 1.82) is 0 Å². The summed E-state index contributed by atoms with van der Waals surface area (Å²) in [5, 5.41) is 3.36. The van der Waals surface area contributed by atoms with E-state index in [4.69, 9.17) is 16.0 Å². The van der Waals surface area contributed by atoms with Crippen molar-refractivity contribution in [2.45, 2.75) is 13.3 Å². The van der Waals surface area contributed by atoms with E-state index in [-0.39, 0.29) is 5.91 Å². The van der Waals surface area contributed by atoms with Crippen molar-refractivity contribution in [3.63, 3.8) is 0 Å². The zero-order valence-corrected chi connectivity index (χ0v) is 12.0. The fourth-order valence-electron chi connectivity index (χ4n) is 1.60. The monoisotopic (exact) mass is 327 g/mol. The Morgan fingerprint density at radius 2 is 2.22 bits per heavy atom. The Morgan fingerprint density at radius 1 is 1.44 bits per heavy atom. The maximum atomic E-state index is 12.1. The minimum absolute atomic E-state index is 0.205. The van der Waals surface area contributed by atoms with Crippen molar-refractivity contribution in [2.75, 3.05) is 5.32 Å². The summed E-state index contributed by atoms with van der Waals surface area (Å²) in [5.41, 5.74) is 1.18. The fourth-order valence-corrected chi connectivity index (χ4v) is 2.12. The molecular formula is C13H11BrClNO2. The quantitative estimate of drug-likeness (QED) is 0.900. The molecule has 1 aromatic heterocycles. The molecule has 0 atom stereocenters. The van der Waals surface area contributed by atoms with Crippen LogP contribution in [0.25, 0.3) is 0 Å². The molecular weight excluding hydrogens is 318 g/mol. The molecule has 18 heavy (non-hydrogen) atoms. The van der Waals surface area contributed by atoms with Crippen LogP contribution >= 0.6 is 27.5 Å². The number of rotatable bonds is 3. The number of hydrogen-bond donors (Lipinski definition) is 1. The van der Waals surface area contributed by atoms with E-state index in [2.05, 4.69) is 21.2 Å². The first-order valence-corrected chi connectivity index (χ1v) is 6.61. The molecule has 94 valence electrons. The molecule has 0 saturated carbocycles. The third-order valence-electron chi connectivity index (χ3n) is 2.49. The normalized spacial score (nSPS) is 10.4. The number of anilines is 1. The first kappa shape index (κ1) is 13.2. The Kier molecular flexibility index (Phi) is 4.09. The summed E-state index contributed by atoms with van der Waals surface area (Å²) in [6, 6.07) is 6.88. The second-order valence-corrected chi connectivity index (χ2v) is 4.98. The van der Waals surface area contributed by atoms with E-state index in [9.17, 15) is 4.79 Å². The first-order chi connectivity index (χ1) is 8.61. The van der Waals surface area contributed by atoms with Gasteiger partial charge in [0.05, 0.1) is 17.5 Å². The second kappa shape index (κ2) is 5.59. The van der Waals surface area contributed by atoms with Gasteiger partial charge in [-0.3, -0.25) is 4.79 Å². The van der Waals surface area contributed by atoms with Crippen LogP contribution in [0.15, 0.2) is 39.4 Å². The highest BCUT2D eigenvalue weighted by Gasteiger charge is 2.14. The number of carbonyl (C=O) groups excluding carboxylic acids is 1. The Hall–Kier alpha value is -1.26. The predicted molar refractivity (Wildman–Crippen MR) is 75.2 cm³/mol. The van der Waals surface area contributed by atoms with Gasteiger partial charge in [0, 0.05) is 15.9 Å². The van der Waals surface area contributed by atoms with Crippen molar-refractivity contribution < 1.29 is 9.21 Å². The third-order valence-corrected chi connectivity index (χ3v) is 3.41. The Bertz CT molecular complexity index is 580. The van der Waals surface area contributed by atoms with E-state index in [0.717, 1.165) is 4.47 Å². The molecule has 5 heteroatoms. The molecule has 1 N–H and O–H groups in total. The zero-order valence-electron chi connectivity index (χ0n) is 9.67. The Balaban J connectivity index is 2.24. The van der Waals surface area contributed by atoms with Gasteiger partial charge in [0.25, 0.3) is 5.91 Å². The van der Waals surface area contributed by atoms with Crippen molar-refractivity contribution in [3.8, 4) is 0 Å². The van der Waals surface area contributed by atoms with Crippen LogP contribution in [0.4, 0.5) is 5.69 Å². The summed E-state index contributed by atoms with van der Waals surface area (Å²) in [5.74, 6) is 0.467. The van der Waals surface area contributed by atoms with Crippen LogP contribution in [0.3, 0.4) is 0 Å². The summed E-state index contributed by atoms with van der Waals surface area (Å²) < 4.78 is 6.01. The molecule has 0 bridgehead atoms. The second-order valence-electron chi connectivity index (χ2n) is 3.69. The van der Waals surface area contributed by atoms with E-state index in [1.807, 2.05) is 6.92 Å². The van der Waals surface area contributed by atoms with Gasteiger partial charge in [0.15, 0.2) is 0 Å². The summed E-state index contributed by atoms with van der Waals surface area (Å²) >= 11 is 9.25. The van der Waals surface area contributed by atoms with Crippen molar-refractivity contribution in [3.05, 3.63) is 51.3 Å². The highest BCUT2D eigenvalue weighted by Crippen LogP contribution is 2.26. The van der Waals surface area contributed by atoms with Gasteiger partial charge in [-0.25, -0.2) is 0 Å². The fraction of sp³-hybridized carbons (Fsp3) is 0.154. The third kappa shape index (κ3) is 2.76. The SMILES string of the molecule is CCc1occc1C(=O)Nc1cc(Cl)ccc1Br. The smallest absolute Gasteiger partial charge is 0.259 e. The highest BCUT2D eigenvalue weighted by molar-refractivity contribution is 9.10. The van der Waals surface area contributed by atoms with E-state index < -0.39 is 0 Å². The molecule has 2 rings (SSSR count). The number of nitrogens with one attached hydrogen (secondary N) is 1. The molecule has 0 fully saturated rings. The van der Waals surface area contributed by atoms with Gasteiger partial charge in [-0.1, -0.05) is 18.5 Å². The standard InChI is InChI=1S/C13H11BrClNO2/c1-2-12-9(5-6-18-12)13(17)16-11-7-8(15)3-4-10(11)14/h3-7H,2H2,1H3,(H,16,17). The number of halogens is 2. The van der Waals surface area contributed by atoms with E-state index in [1.165, 1.54) is 6.26 Å². The summed E-state index contributed by atoms with van der Waals surface area (Å²) in [4.78, 5) is 12.1. The summed E-state index contributed by atoms with van der Waals surface area (Å²) in [6.07, 6.45) is 2.19. The van der Waals surface area contributed by atoms with Crippen LogP contribution < -0.4 is 5.32 Å². The largest absolute Gasteiger partial charge is 0.469 e. The molecule has 0 aliphatic carbocycles. The molecule has 3 nitrogen and oxygen atoms in total. The first-order valence-electron chi connectivity index (χ1n) is 5.44. The van der Waals surface area contributed by atoms with E-state index in [1.54, 1.807) is 24.3 Å². The van der Waals surface area contributed by atoms with Gasteiger partial charge in [0.1, 0.15) is 5.76 Å². The number of benzene rings is 1. The average molecular weight is 329 g/mol. The molecule has 1 amide bonds. The lowest BCUT2D eigenvalue weighted by Crippen LogP contribution is -2.13. The summed E-state index contributed by atoms with van der Waals surface area (Å²) in [6.45, 7) is 1.94. The van der Waals surface area contributed by atoms with Gasteiger partial charge in [0.2, 0.25) is 0 Å². The summed E-state index contributed by atoms with van der Waals surface area (Å²) in [7, 11) is 0. The number of hydrogen-bond acceptors (Lipinski definition) is 2. The average Bonchev–Trinajstić information content (AvgIpc) is 2.82. The topological polar surface area (TPSA) is 42.2 Å². The van der Waals surface area contributed by atoms with Crippen LogP contribution in [0, 0.1) is 0 Å². The van der Waals surface area contributed by atoms with Gasteiger partial charge < -0.3 is 9.73 Å². The Labute approximate surface area is 118 Å². The van der Waals surface area contributed by atoms with Crippen LogP contribution in [0.2, 0.25) is 5.02 Å². The lowest BCUT2D eigenvalue weighted by atomic mass is 10.2. The van der Waals surface area contributed by atoms with E-state index in [0.29, 0.717) is 28.5 Å². The van der Waals surface area contributed by atoms with Crippen LogP contribution in [-0.2, 0) is 6.42 Å². The predicted octanol–water partition coefficient (Wildman–Crippen LogP) is 4.51. The van der Waals surface area contributed by atoms with Gasteiger partial charge in [-0.2, -0.15) is 0 Å².